The van der Waals surface area contributed by atoms with Crippen molar-refractivity contribution in [3.8, 4) is 11.1 Å². The summed E-state index contributed by atoms with van der Waals surface area (Å²) < 4.78 is 7.33. The number of hydrogen-bond donors (Lipinski definition) is 5. The molecule has 182 valence electrons. The van der Waals surface area contributed by atoms with Gasteiger partial charge in [-0.05, 0) is 42.7 Å². The van der Waals surface area contributed by atoms with E-state index >= 15 is 0 Å². The second-order valence-corrected chi connectivity index (χ2v) is 9.38. The zero-order chi connectivity index (χ0) is 24.2. The number of hydrogen-bond acceptors (Lipinski definition) is 7. The van der Waals surface area contributed by atoms with Gasteiger partial charge in [0.1, 0.15) is 17.5 Å². The van der Waals surface area contributed by atoms with Crippen LogP contribution in [0.25, 0.3) is 16.8 Å². The summed E-state index contributed by atoms with van der Waals surface area (Å²) in [7, 11) is 0. The average molecular weight is 466 g/mol. The number of benzene rings is 1. The normalized spacial score (nSPS) is 15.6. The standard InChI is InChI=1S/C25H35N7O2/c1-15(2)21(14-33)30-22-11-23(28-12-17-6-8-34-9-7-17)32-25(31-22)20(13-29-32)18-4-5-19(24(26)27)16(3)10-18/h4-5,10-11,13,15,17,21,28,33H,6-9,12,14H2,1-3H3,(H3,26,27)(H,30,31)/t21-/m0/s1. The van der Waals surface area contributed by atoms with E-state index < -0.39 is 0 Å². The maximum Gasteiger partial charge on any atom is 0.167 e. The average Bonchev–Trinajstić information content (AvgIpc) is 3.25. The molecule has 0 amide bonds. The van der Waals surface area contributed by atoms with Crippen molar-refractivity contribution in [1.29, 1.82) is 5.41 Å². The quantitative estimate of drug-likeness (QED) is 0.242. The van der Waals surface area contributed by atoms with Gasteiger partial charge in [-0.25, -0.2) is 4.98 Å². The Hall–Kier alpha value is -3.17. The molecule has 9 nitrogen and oxygen atoms in total. The Labute approximate surface area is 200 Å². The number of nitrogens with zero attached hydrogens (tertiary/aromatic N) is 3. The van der Waals surface area contributed by atoms with Crippen LogP contribution in [-0.2, 0) is 4.74 Å². The number of aliphatic hydroxyl groups excluding tert-OH is 1. The number of anilines is 2. The molecule has 6 N–H and O–H groups in total. The van der Waals surface area contributed by atoms with E-state index in [2.05, 4.69) is 29.6 Å². The Morgan fingerprint density at radius 3 is 2.71 bits per heavy atom. The van der Waals surface area contributed by atoms with Gasteiger partial charge >= 0.3 is 0 Å². The first-order chi connectivity index (χ1) is 16.4. The van der Waals surface area contributed by atoms with Gasteiger partial charge in [0, 0.05) is 37.0 Å². The number of aromatic nitrogens is 3. The molecule has 3 heterocycles. The Morgan fingerprint density at radius 2 is 2.06 bits per heavy atom. The highest BCUT2D eigenvalue weighted by molar-refractivity contribution is 5.97. The van der Waals surface area contributed by atoms with Crippen LogP contribution in [-0.4, -0.2) is 57.9 Å². The van der Waals surface area contributed by atoms with Gasteiger partial charge in [0.2, 0.25) is 0 Å². The predicted octanol–water partition coefficient (Wildman–Crippen LogP) is 3.26. The van der Waals surface area contributed by atoms with Crippen LogP contribution in [0.15, 0.2) is 30.5 Å². The van der Waals surface area contributed by atoms with Crippen molar-refractivity contribution in [2.45, 2.75) is 39.7 Å². The minimum atomic E-state index is -0.109. The summed E-state index contributed by atoms with van der Waals surface area (Å²) in [4.78, 5) is 4.88. The molecule has 1 atom stereocenters. The van der Waals surface area contributed by atoms with E-state index in [0.717, 1.165) is 66.3 Å². The molecule has 1 saturated heterocycles. The first-order valence-corrected chi connectivity index (χ1v) is 11.9. The lowest BCUT2D eigenvalue weighted by molar-refractivity contribution is 0.0699. The number of aryl methyl sites for hydroxylation is 1. The fraction of sp³-hybridized carbons (Fsp3) is 0.480. The lowest BCUT2D eigenvalue weighted by Gasteiger charge is -2.24. The smallest absolute Gasteiger partial charge is 0.167 e. The van der Waals surface area contributed by atoms with Crippen LogP contribution in [0, 0.1) is 24.2 Å². The van der Waals surface area contributed by atoms with E-state index in [-0.39, 0.29) is 24.4 Å². The highest BCUT2D eigenvalue weighted by Crippen LogP contribution is 2.29. The van der Waals surface area contributed by atoms with Crippen LogP contribution in [0.2, 0.25) is 0 Å². The third kappa shape index (κ3) is 5.15. The highest BCUT2D eigenvalue weighted by Gasteiger charge is 2.19. The Morgan fingerprint density at radius 1 is 1.29 bits per heavy atom. The van der Waals surface area contributed by atoms with Gasteiger partial charge in [0.05, 0.1) is 18.8 Å². The number of ether oxygens (including phenoxy) is 1. The number of aliphatic hydroxyl groups is 1. The molecule has 3 aromatic rings. The number of nitrogen functional groups attached to an aromatic ring is 1. The van der Waals surface area contributed by atoms with E-state index in [1.165, 1.54) is 0 Å². The molecule has 9 heteroatoms. The number of nitrogens with two attached hydrogens (primary N) is 1. The molecule has 1 aromatic carbocycles. The van der Waals surface area contributed by atoms with E-state index in [1.54, 1.807) is 0 Å². The summed E-state index contributed by atoms with van der Waals surface area (Å²) >= 11 is 0. The molecular formula is C25H35N7O2. The molecule has 0 radical (unpaired) electrons. The van der Waals surface area contributed by atoms with E-state index in [0.29, 0.717) is 11.7 Å². The van der Waals surface area contributed by atoms with E-state index in [9.17, 15) is 5.11 Å². The molecule has 0 saturated carbocycles. The number of nitrogens with one attached hydrogen (secondary N) is 3. The van der Waals surface area contributed by atoms with Gasteiger partial charge in [-0.2, -0.15) is 9.61 Å². The summed E-state index contributed by atoms with van der Waals surface area (Å²) in [5.74, 6) is 2.38. The molecular weight excluding hydrogens is 430 g/mol. The van der Waals surface area contributed by atoms with Crippen molar-refractivity contribution in [3.63, 3.8) is 0 Å². The molecule has 0 spiro atoms. The monoisotopic (exact) mass is 465 g/mol. The minimum absolute atomic E-state index is 0.0210. The first kappa shape index (κ1) is 24.0. The molecule has 34 heavy (non-hydrogen) atoms. The third-order valence-corrected chi connectivity index (χ3v) is 6.55. The molecule has 2 aromatic heterocycles. The number of fused-ring (bicyclic) bond motifs is 1. The van der Waals surface area contributed by atoms with Crippen LogP contribution < -0.4 is 16.4 Å². The lowest BCUT2D eigenvalue weighted by atomic mass is 10.0. The predicted molar refractivity (Wildman–Crippen MR) is 136 cm³/mol. The van der Waals surface area contributed by atoms with Gasteiger partial charge in [0.25, 0.3) is 0 Å². The van der Waals surface area contributed by atoms with Gasteiger partial charge in [0.15, 0.2) is 5.65 Å². The van der Waals surface area contributed by atoms with Crippen molar-refractivity contribution in [2.75, 3.05) is 37.0 Å². The molecule has 1 fully saturated rings. The van der Waals surface area contributed by atoms with Gasteiger partial charge < -0.3 is 26.2 Å². The number of rotatable bonds is 9. The summed E-state index contributed by atoms with van der Waals surface area (Å²) in [6.07, 6.45) is 3.90. The summed E-state index contributed by atoms with van der Waals surface area (Å²) in [5, 5.41) is 29.2. The first-order valence-electron chi connectivity index (χ1n) is 11.9. The highest BCUT2D eigenvalue weighted by atomic mass is 16.5. The fourth-order valence-corrected chi connectivity index (χ4v) is 4.31. The zero-order valence-corrected chi connectivity index (χ0v) is 20.1. The van der Waals surface area contributed by atoms with Crippen LogP contribution in [0.4, 0.5) is 11.6 Å². The molecule has 4 rings (SSSR count). The third-order valence-electron chi connectivity index (χ3n) is 6.55. The maximum absolute atomic E-state index is 9.84. The van der Waals surface area contributed by atoms with Crippen LogP contribution in [0.5, 0.6) is 0 Å². The Bertz CT molecular complexity index is 1150. The largest absolute Gasteiger partial charge is 0.394 e. The second-order valence-electron chi connectivity index (χ2n) is 9.38. The van der Waals surface area contributed by atoms with Crippen LogP contribution >= 0.6 is 0 Å². The van der Waals surface area contributed by atoms with Crippen molar-refractivity contribution < 1.29 is 9.84 Å². The van der Waals surface area contributed by atoms with Gasteiger partial charge in [-0.1, -0.05) is 32.0 Å². The van der Waals surface area contributed by atoms with Crippen LogP contribution in [0.3, 0.4) is 0 Å². The van der Waals surface area contributed by atoms with Crippen LogP contribution in [0.1, 0.15) is 37.8 Å². The maximum atomic E-state index is 9.84. The molecule has 0 aliphatic carbocycles. The zero-order valence-electron chi connectivity index (χ0n) is 20.1. The number of amidine groups is 1. The SMILES string of the molecule is Cc1cc(-c2cnn3c(NCC4CCOCC4)cc(N[C@@H](CO)C(C)C)nc23)ccc1C(=N)N. The Balaban J connectivity index is 1.73. The molecule has 0 bridgehead atoms. The lowest BCUT2D eigenvalue weighted by Crippen LogP contribution is -2.30. The van der Waals surface area contributed by atoms with E-state index in [1.807, 2.05) is 41.9 Å². The van der Waals surface area contributed by atoms with Crippen molar-refractivity contribution in [2.24, 2.45) is 17.6 Å². The topological polar surface area (TPSA) is 134 Å². The van der Waals surface area contributed by atoms with Gasteiger partial charge in [-0.3, -0.25) is 5.41 Å². The van der Waals surface area contributed by atoms with Crippen molar-refractivity contribution in [1.82, 2.24) is 14.6 Å². The molecule has 1 aliphatic rings. The second kappa shape index (κ2) is 10.4. The summed E-state index contributed by atoms with van der Waals surface area (Å²) in [6, 6.07) is 7.67. The Kier molecular flexibility index (Phi) is 7.33. The van der Waals surface area contributed by atoms with Crippen molar-refractivity contribution >= 4 is 23.1 Å². The fourth-order valence-electron chi connectivity index (χ4n) is 4.31. The minimum Gasteiger partial charge on any atom is -0.394 e. The van der Waals surface area contributed by atoms with E-state index in [4.69, 9.17) is 20.9 Å². The van der Waals surface area contributed by atoms with Gasteiger partial charge in [-0.15, -0.1) is 0 Å². The van der Waals surface area contributed by atoms with Crippen molar-refractivity contribution in [3.05, 3.63) is 41.6 Å². The molecule has 1 aliphatic heterocycles. The molecule has 0 unspecified atom stereocenters. The summed E-state index contributed by atoms with van der Waals surface area (Å²) in [5.41, 5.74) is 9.91. The summed E-state index contributed by atoms with van der Waals surface area (Å²) in [6.45, 7) is 8.55.